The van der Waals surface area contributed by atoms with Gasteiger partial charge in [0.2, 0.25) is 0 Å². The van der Waals surface area contributed by atoms with Gasteiger partial charge in [-0.1, -0.05) is 22.8 Å². The van der Waals surface area contributed by atoms with Gasteiger partial charge in [-0.25, -0.2) is 4.68 Å². The summed E-state index contributed by atoms with van der Waals surface area (Å²) in [5, 5.41) is 8.24. The molecule has 0 aliphatic carbocycles. The minimum absolute atomic E-state index is 0.893. The van der Waals surface area contributed by atoms with Crippen molar-refractivity contribution < 1.29 is 0 Å². The van der Waals surface area contributed by atoms with E-state index in [0.29, 0.717) is 0 Å². The summed E-state index contributed by atoms with van der Waals surface area (Å²) in [6, 6.07) is 9.91. The highest BCUT2D eigenvalue weighted by molar-refractivity contribution is 6.32. The highest BCUT2D eigenvalue weighted by Gasteiger charge is 2.05. The fourth-order valence-corrected chi connectivity index (χ4v) is 1.71. The molecule has 0 atom stereocenters. The van der Waals surface area contributed by atoms with Crippen molar-refractivity contribution in [3.05, 3.63) is 42.7 Å². The van der Waals surface area contributed by atoms with Crippen LogP contribution in [-0.2, 0) is 0 Å². The Balaban J connectivity index is 2.26. The van der Waals surface area contributed by atoms with Crippen LogP contribution >= 0.6 is 0 Å². The molecule has 0 saturated carbocycles. The first-order chi connectivity index (χ1) is 7.84. The second-order valence-corrected chi connectivity index (χ2v) is 3.71. The van der Waals surface area contributed by atoms with Gasteiger partial charge >= 0.3 is 0 Å². The largest absolute Gasteiger partial charge is 0.263 e. The number of hydrogen-bond acceptors (Lipinski definition) is 3. The van der Waals surface area contributed by atoms with Crippen LogP contribution in [0.4, 0.5) is 0 Å². The van der Waals surface area contributed by atoms with E-state index in [1.807, 2.05) is 44.4 Å². The number of rotatable bonds is 1. The number of hydrogen-bond donors (Lipinski definition) is 0. The quantitative estimate of drug-likeness (QED) is 0.531. The second kappa shape index (κ2) is 3.45. The lowest BCUT2D eigenvalue weighted by Crippen LogP contribution is -2.07. The highest BCUT2D eigenvalue weighted by Crippen LogP contribution is 2.13. The monoisotopic (exact) mass is 208 g/mol. The average Bonchev–Trinajstić information content (AvgIpc) is 2.72. The van der Waals surface area contributed by atoms with Crippen molar-refractivity contribution in [2.24, 2.45) is 0 Å². The predicted octanol–water partition coefficient (Wildman–Crippen LogP) is 0.0739. The topological polar surface area (TPSA) is 43.6 Å². The van der Waals surface area contributed by atoms with Crippen molar-refractivity contribution in [1.29, 1.82) is 0 Å². The molecule has 0 unspecified atom stereocenters. The second-order valence-electron chi connectivity index (χ2n) is 3.71. The number of aromatic nitrogens is 4. The maximum atomic E-state index is 4.16. The van der Waals surface area contributed by atoms with Crippen LogP contribution in [0.15, 0.2) is 42.7 Å². The van der Waals surface area contributed by atoms with Crippen LogP contribution in [-0.4, -0.2) is 27.8 Å². The predicted molar refractivity (Wildman–Crippen MR) is 64.8 cm³/mol. The van der Waals surface area contributed by atoms with E-state index < -0.39 is 0 Å². The summed E-state index contributed by atoms with van der Waals surface area (Å²) in [4.78, 5) is 4.16. The zero-order chi connectivity index (χ0) is 11.0. The zero-order valence-corrected chi connectivity index (χ0v) is 8.83. The Labute approximate surface area is 93.3 Å². The van der Waals surface area contributed by atoms with Gasteiger partial charge in [-0.2, -0.15) is 0 Å². The van der Waals surface area contributed by atoms with Gasteiger partial charge in [-0.3, -0.25) is 4.98 Å². The van der Waals surface area contributed by atoms with Gasteiger partial charge in [-0.05, 0) is 18.2 Å². The third-order valence-corrected chi connectivity index (χ3v) is 2.46. The molecule has 0 radical (unpaired) electrons. The molecule has 0 aliphatic heterocycles. The summed E-state index contributed by atoms with van der Waals surface area (Å²) >= 11 is 0. The maximum absolute atomic E-state index is 4.16. The normalized spacial score (nSPS) is 10.8. The van der Waals surface area contributed by atoms with Crippen molar-refractivity contribution in [2.75, 3.05) is 0 Å². The van der Waals surface area contributed by atoms with Crippen LogP contribution in [0.25, 0.3) is 16.7 Å². The molecule has 0 bridgehead atoms. The molecule has 5 heteroatoms. The van der Waals surface area contributed by atoms with E-state index in [9.17, 15) is 0 Å². The molecule has 76 valence electrons. The Morgan fingerprint density at radius 2 is 2.00 bits per heavy atom. The Hall–Kier alpha value is -2.17. The molecule has 3 aromatic rings. The van der Waals surface area contributed by atoms with E-state index in [4.69, 9.17) is 0 Å². The van der Waals surface area contributed by atoms with Crippen LogP contribution < -0.4 is 5.46 Å². The van der Waals surface area contributed by atoms with Gasteiger partial charge in [-0.15, -0.1) is 5.10 Å². The number of benzene rings is 1. The third-order valence-electron chi connectivity index (χ3n) is 2.46. The molecule has 4 nitrogen and oxygen atoms in total. The van der Waals surface area contributed by atoms with E-state index >= 15 is 0 Å². The third kappa shape index (κ3) is 1.37. The van der Waals surface area contributed by atoms with Gasteiger partial charge in [0, 0.05) is 6.20 Å². The molecule has 0 N–H and O–H groups in total. The molecule has 0 amide bonds. The average molecular weight is 208 g/mol. The Bertz CT molecular complexity index is 647. The van der Waals surface area contributed by atoms with Crippen LogP contribution in [0, 0.1) is 0 Å². The molecule has 1 aromatic carbocycles. The smallest absolute Gasteiger partial charge is 0.141 e. The van der Waals surface area contributed by atoms with E-state index in [2.05, 4.69) is 15.3 Å². The lowest BCUT2D eigenvalue weighted by atomic mass is 9.99. The molecular formula is C11H9BN4. The minimum atomic E-state index is 0.893. The first-order valence-corrected chi connectivity index (χ1v) is 5.07. The molecule has 0 aliphatic rings. The number of pyridine rings is 1. The summed E-state index contributed by atoms with van der Waals surface area (Å²) in [7, 11) is 2.01. The minimum Gasteiger partial charge on any atom is -0.263 e. The molecule has 0 saturated heterocycles. The SMILES string of the molecule is Bc1cncc(-n2nnc3ccccc32)c1. The molecule has 3 rings (SSSR count). The highest BCUT2D eigenvalue weighted by atomic mass is 15.4. The first kappa shape index (κ1) is 9.09. The Kier molecular flexibility index (Phi) is 1.96. The van der Waals surface area contributed by atoms with Crippen LogP contribution in [0.5, 0.6) is 0 Å². The van der Waals surface area contributed by atoms with Crippen LogP contribution in [0.2, 0.25) is 0 Å². The standard InChI is InChI=1S/C11H9BN4/c12-8-5-9(7-13-6-8)16-11-4-2-1-3-10(11)14-15-16/h1-7H,12H2. The molecule has 2 aromatic heterocycles. The summed E-state index contributed by atoms with van der Waals surface area (Å²) in [6.45, 7) is 0. The lowest BCUT2D eigenvalue weighted by molar-refractivity contribution is 0.821. The molecule has 0 spiro atoms. The van der Waals surface area contributed by atoms with Crippen molar-refractivity contribution in [2.45, 2.75) is 0 Å². The lowest BCUT2D eigenvalue weighted by Gasteiger charge is -2.01. The molecule has 16 heavy (non-hydrogen) atoms. The van der Waals surface area contributed by atoms with Crippen molar-refractivity contribution in [3.63, 3.8) is 0 Å². The van der Waals surface area contributed by atoms with Gasteiger partial charge in [0.15, 0.2) is 0 Å². The number of para-hydroxylation sites is 1. The maximum Gasteiger partial charge on any atom is 0.141 e. The van der Waals surface area contributed by atoms with Crippen molar-refractivity contribution in [3.8, 4) is 5.69 Å². The van der Waals surface area contributed by atoms with Crippen molar-refractivity contribution >= 4 is 24.3 Å². The Morgan fingerprint density at radius 1 is 1.12 bits per heavy atom. The van der Waals surface area contributed by atoms with Gasteiger partial charge in [0.25, 0.3) is 0 Å². The van der Waals surface area contributed by atoms with Crippen LogP contribution in [0.3, 0.4) is 0 Å². The molecule has 2 heterocycles. The first-order valence-electron chi connectivity index (χ1n) is 5.07. The molecule has 0 fully saturated rings. The molecular weight excluding hydrogens is 199 g/mol. The fraction of sp³-hybridized carbons (Fsp3) is 0. The van der Waals surface area contributed by atoms with Gasteiger partial charge in [0.1, 0.15) is 13.4 Å². The Morgan fingerprint density at radius 3 is 2.88 bits per heavy atom. The number of nitrogens with zero attached hydrogens (tertiary/aromatic N) is 4. The zero-order valence-electron chi connectivity index (χ0n) is 8.83. The van der Waals surface area contributed by atoms with E-state index in [1.165, 1.54) is 0 Å². The summed E-state index contributed by atoms with van der Waals surface area (Å²) in [6.07, 6.45) is 3.61. The van der Waals surface area contributed by atoms with E-state index in [0.717, 1.165) is 22.2 Å². The van der Waals surface area contributed by atoms with Crippen LogP contribution in [0.1, 0.15) is 0 Å². The van der Waals surface area contributed by atoms with Gasteiger partial charge in [0.05, 0.1) is 17.4 Å². The van der Waals surface area contributed by atoms with Gasteiger partial charge < -0.3 is 0 Å². The number of fused-ring (bicyclic) bond motifs is 1. The van der Waals surface area contributed by atoms with E-state index in [-0.39, 0.29) is 0 Å². The van der Waals surface area contributed by atoms with E-state index in [1.54, 1.807) is 10.9 Å². The fourth-order valence-electron chi connectivity index (χ4n) is 1.71. The summed E-state index contributed by atoms with van der Waals surface area (Å²) in [5.74, 6) is 0. The summed E-state index contributed by atoms with van der Waals surface area (Å²) in [5.41, 5.74) is 3.93. The van der Waals surface area contributed by atoms with Crippen molar-refractivity contribution in [1.82, 2.24) is 20.0 Å². The summed E-state index contributed by atoms with van der Waals surface area (Å²) < 4.78 is 1.80.